The van der Waals surface area contributed by atoms with Gasteiger partial charge in [0.2, 0.25) is 0 Å². The van der Waals surface area contributed by atoms with E-state index in [1.54, 1.807) is 6.26 Å². The van der Waals surface area contributed by atoms with Gasteiger partial charge < -0.3 is 14.3 Å². The lowest BCUT2D eigenvalue weighted by atomic mass is 9.87. The number of aromatic amines is 1. The highest BCUT2D eigenvalue weighted by Gasteiger charge is 2.34. The van der Waals surface area contributed by atoms with Crippen molar-refractivity contribution in [3.8, 4) is 17.5 Å². The van der Waals surface area contributed by atoms with Crippen LogP contribution in [-0.2, 0) is 17.8 Å². The highest BCUT2D eigenvalue weighted by molar-refractivity contribution is 5.64. The van der Waals surface area contributed by atoms with Crippen molar-refractivity contribution in [1.29, 1.82) is 5.26 Å². The quantitative estimate of drug-likeness (QED) is 0.899. The second-order valence-electron chi connectivity index (χ2n) is 6.17. The first-order valence-corrected chi connectivity index (χ1v) is 7.59. The van der Waals surface area contributed by atoms with E-state index in [0.717, 1.165) is 16.8 Å². The molecule has 0 radical (unpaired) electrons. The second-order valence-corrected chi connectivity index (χ2v) is 6.17. The van der Waals surface area contributed by atoms with E-state index >= 15 is 0 Å². The lowest BCUT2D eigenvalue weighted by Gasteiger charge is -2.32. The van der Waals surface area contributed by atoms with Gasteiger partial charge in [0.1, 0.15) is 18.2 Å². The number of H-pyrrole nitrogens is 1. The molecule has 1 aliphatic heterocycles. The number of furan rings is 1. The molecule has 0 fully saturated rings. The van der Waals surface area contributed by atoms with Crippen LogP contribution in [-0.4, -0.2) is 23.9 Å². The smallest absolute Gasteiger partial charge is 0.291 e. The van der Waals surface area contributed by atoms with Gasteiger partial charge in [0, 0.05) is 12.0 Å². The van der Waals surface area contributed by atoms with Crippen LogP contribution >= 0.6 is 0 Å². The molecule has 0 saturated carbocycles. The summed E-state index contributed by atoms with van der Waals surface area (Å²) in [5.74, 6) is 1.30. The molecule has 0 atom stereocenters. The van der Waals surface area contributed by atoms with Crippen LogP contribution in [0.2, 0.25) is 0 Å². The Morgan fingerprint density at radius 1 is 1.43 bits per heavy atom. The SMILES string of the molecule is CC1(C)Cc2c(C#N)c(NCCO)[nH+]c(-c3ccco3)c2CO1. The molecule has 23 heavy (non-hydrogen) atoms. The molecule has 0 unspecified atom stereocenters. The summed E-state index contributed by atoms with van der Waals surface area (Å²) in [6, 6.07) is 5.97. The molecule has 0 spiro atoms. The minimum atomic E-state index is -0.325. The molecule has 2 aromatic heterocycles. The molecule has 6 heteroatoms. The summed E-state index contributed by atoms with van der Waals surface area (Å²) in [6.07, 6.45) is 2.25. The van der Waals surface area contributed by atoms with Crippen molar-refractivity contribution < 1.29 is 19.2 Å². The fourth-order valence-corrected chi connectivity index (χ4v) is 2.88. The molecule has 0 aliphatic carbocycles. The maximum absolute atomic E-state index is 9.63. The van der Waals surface area contributed by atoms with Crippen molar-refractivity contribution in [1.82, 2.24) is 0 Å². The average molecular weight is 314 g/mol. The van der Waals surface area contributed by atoms with Gasteiger partial charge in [-0.15, -0.1) is 0 Å². The van der Waals surface area contributed by atoms with Crippen molar-refractivity contribution in [2.75, 3.05) is 18.5 Å². The second kappa shape index (κ2) is 6.03. The number of hydrogen-bond acceptors (Lipinski definition) is 5. The van der Waals surface area contributed by atoms with Crippen LogP contribution in [0.4, 0.5) is 5.82 Å². The molecule has 3 rings (SSSR count). The van der Waals surface area contributed by atoms with Crippen molar-refractivity contribution in [2.45, 2.75) is 32.5 Å². The highest BCUT2D eigenvalue weighted by atomic mass is 16.5. The van der Waals surface area contributed by atoms with Gasteiger partial charge in [-0.2, -0.15) is 5.26 Å². The lowest BCUT2D eigenvalue weighted by Crippen LogP contribution is -2.35. The molecule has 3 N–H and O–H groups in total. The van der Waals surface area contributed by atoms with Crippen LogP contribution in [0.25, 0.3) is 11.5 Å². The number of nitriles is 1. The first-order valence-electron chi connectivity index (χ1n) is 7.59. The predicted octanol–water partition coefficient (Wildman–Crippen LogP) is 1.89. The van der Waals surface area contributed by atoms with Gasteiger partial charge in [0.15, 0.2) is 11.5 Å². The van der Waals surface area contributed by atoms with Crippen LogP contribution < -0.4 is 10.3 Å². The Kier molecular flexibility index (Phi) is 4.07. The molecule has 2 aromatic rings. The Morgan fingerprint density at radius 2 is 2.26 bits per heavy atom. The van der Waals surface area contributed by atoms with Gasteiger partial charge in [-0.3, -0.25) is 5.32 Å². The molecule has 3 heterocycles. The largest absolute Gasteiger partial charge is 0.461 e. The summed E-state index contributed by atoms with van der Waals surface area (Å²) in [4.78, 5) is 3.24. The number of aliphatic hydroxyl groups is 1. The van der Waals surface area contributed by atoms with E-state index in [1.165, 1.54) is 0 Å². The summed E-state index contributed by atoms with van der Waals surface area (Å²) in [6.45, 7) is 4.80. The Labute approximate surface area is 134 Å². The average Bonchev–Trinajstić information content (AvgIpc) is 3.05. The van der Waals surface area contributed by atoms with Crippen LogP contribution in [0.15, 0.2) is 22.8 Å². The third kappa shape index (κ3) is 2.93. The summed E-state index contributed by atoms with van der Waals surface area (Å²) < 4.78 is 11.4. The standard InChI is InChI=1S/C17H19N3O3/c1-17(2)8-11-12(9-18)16(19-5-6-21)20-15(13(11)10-23-17)14-4-3-7-22-14/h3-4,7,21H,5-6,8,10H2,1-2H3,(H,19,20)/p+1. The number of hydrogen-bond donors (Lipinski definition) is 2. The number of aliphatic hydroxyl groups excluding tert-OH is 1. The monoisotopic (exact) mass is 314 g/mol. The van der Waals surface area contributed by atoms with Crippen molar-refractivity contribution in [3.05, 3.63) is 35.1 Å². The Balaban J connectivity index is 2.20. The topological polar surface area (TPSA) is 92.6 Å². The fourth-order valence-electron chi connectivity index (χ4n) is 2.88. The zero-order valence-corrected chi connectivity index (χ0v) is 13.3. The van der Waals surface area contributed by atoms with Crippen molar-refractivity contribution in [3.63, 3.8) is 0 Å². The van der Waals surface area contributed by atoms with E-state index in [4.69, 9.17) is 14.3 Å². The van der Waals surface area contributed by atoms with Gasteiger partial charge in [-0.25, -0.2) is 4.98 Å². The zero-order chi connectivity index (χ0) is 16.4. The molecule has 1 aliphatic rings. The number of aromatic nitrogens is 1. The molecule has 0 aromatic carbocycles. The van der Waals surface area contributed by atoms with E-state index in [0.29, 0.717) is 36.7 Å². The van der Waals surface area contributed by atoms with Crippen LogP contribution in [0.5, 0.6) is 0 Å². The Bertz CT molecular complexity index is 745. The molecule has 0 bridgehead atoms. The zero-order valence-electron chi connectivity index (χ0n) is 13.3. The lowest BCUT2D eigenvalue weighted by molar-refractivity contribution is -0.350. The number of pyridine rings is 1. The van der Waals surface area contributed by atoms with E-state index in [9.17, 15) is 5.26 Å². The number of rotatable bonds is 4. The van der Waals surface area contributed by atoms with E-state index in [1.807, 2.05) is 26.0 Å². The van der Waals surface area contributed by atoms with E-state index < -0.39 is 0 Å². The molecule has 0 amide bonds. The van der Waals surface area contributed by atoms with Crippen molar-refractivity contribution in [2.24, 2.45) is 0 Å². The molecule has 0 saturated heterocycles. The molecular formula is C17H20N3O3+. The van der Waals surface area contributed by atoms with Crippen LogP contribution in [0.3, 0.4) is 0 Å². The Hall–Kier alpha value is -2.36. The van der Waals surface area contributed by atoms with Crippen LogP contribution in [0, 0.1) is 11.3 Å². The van der Waals surface area contributed by atoms with Crippen LogP contribution in [0.1, 0.15) is 30.5 Å². The number of ether oxygens (including phenoxy) is 1. The number of anilines is 1. The number of nitrogens with zero attached hydrogens (tertiary/aromatic N) is 1. The summed E-state index contributed by atoms with van der Waals surface area (Å²) >= 11 is 0. The highest BCUT2D eigenvalue weighted by Crippen LogP contribution is 2.36. The third-order valence-electron chi connectivity index (χ3n) is 3.97. The fraction of sp³-hybridized carbons (Fsp3) is 0.412. The van der Waals surface area contributed by atoms with E-state index in [-0.39, 0.29) is 12.2 Å². The third-order valence-corrected chi connectivity index (χ3v) is 3.97. The maximum atomic E-state index is 9.63. The molecule has 120 valence electrons. The normalized spacial score (nSPS) is 15.7. The Morgan fingerprint density at radius 3 is 2.91 bits per heavy atom. The first-order chi connectivity index (χ1) is 11.1. The molecule has 6 nitrogen and oxygen atoms in total. The minimum absolute atomic E-state index is 0.0134. The minimum Gasteiger partial charge on any atom is -0.461 e. The van der Waals surface area contributed by atoms with Crippen molar-refractivity contribution >= 4 is 5.82 Å². The first kappa shape index (κ1) is 15.5. The summed E-state index contributed by atoms with van der Waals surface area (Å²) in [5, 5.41) is 21.8. The van der Waals surface area contributed by atoms with Gasteiger partial charge in [-0.1, -0.05) is 0 Å². The predicted molar refractivity (Wildman–Crippen MR) is 83.6 cm³/mol. The van der Waals surface area contributed by atoms with Gasteiger partial charge in [0.25, 0.3) is 5.82 Å². The number of nitrogens with one attached hydrogen (secondary N) is 2. The van der Waals surface area contributed by atoms with Gasteiger partial charge in [-0.05, 0) is 31.5 Å². The summed E-state index contributed by atoms with van der Waals surface area (Å²) in [5.41, 5.74) is 2.97. The number of fused-ring (bicyclic) bond motifs is 1. The summed E-state index contributed by atoms with van der Waals surface area (Å²) in [7, 11) is 0. The van der Waals surface area contributed by atoms with Gasteiger partial charge >= 0.3 is 0 Å². The molecular weight excluding hydrogens is 294 g/mol. The van der Waals surface area contributed by atoms with Gasteiger partial charge in [0.05, 0.1) is 25.1 Å². The maximum Gasteiger partial charge on any atom is 0.291 e. The van der Waals surface area contributed by atoms with E-state index in [2.05, 4.69) is 16.4 Å².